The summed E-state index contributed by atoms with van der Waals surface area (Å²) in [5.74, 6) is -0.568. The SMILES string of the molecule is O=C(CN1CCN(C(=O)CCNC(=O)Nc2ccccc2)CC1)Nc1ccc(F)cc1. The number of halogens is 1. The summed E-state index contributed by atoms with van der Waals surface area (Å²) in [7, 11) is 0. The molecule has 0 aliphatic carbocycles. The first-order chi connectivity index (χ1) is 15.0. The number of piperazine rings is 1. The Morgan fingerprint density at radius 3 is 2.16 bits per heavy atom. The van der Waals surface area contributed by atoms with E-state index in [0.29, 0.717) is 37.6 Å². The average molecular weight is 427 g/mol. The van der Waals surface area contributed by atoms with Crippen LogP contribution in [0, 0.1) is 5.82 Å². The molecule has 2 aromatic rings. The van der Waals surface area contributed by atoms with Gasteiger partial charge in [-0.15, -0.1) is 0 Å². The summed E-state index contributed by atoms with van der Waals surface area (Å²) in [5, 5.41) is 8.11. The Hall–Kier alpha value is -3.46. The van der Waals surface area contributed by atoms with Crippen LogP contribution in [0.3, 0.4) is 0 Å². The third-order valence-corrected chi connectivity index (χ3v) is 4.88. The molecule has 0 unspecified atom stereocenters. The fourth-order valence-electron chi connectivity index (χ4n) is 3.23. The van der Waals surface area contributed by atoms with E-state index < -0.39 is 0 Å². The zero-order chi connectivity index (χ0) is 22.1. The van der Waals surface area contributed by atoms with Crippen LogP contribution >= 0.6 is 0 Å². The predicted molar refractivity (Wildman–Crippen MR) is 116 cm³/mol. The second-order valence-corrected chi connectivity index (χ2v) is 7.21. The van der Waals surface area contributed by atoms with Crippen LogP contribution in [0.4, 0.5) is 20.6 Å². The molecule has 3 N–H and O–H groups in total. The number of para-hydroxylation sites is 1. The van der Waals surface area contributed by atoms with Crippen molar-refractivity contribution in [3.63, 3.8) is 0 Å². The summed E-state index contributed by atoms with van der Waals surface area (Å²) in [6.45, 7) is 2.69. The van der Waals surface area contributed by atoms with Crippen molar-refractivity contribution in [1.29, 1.82) is 0 Å². The van der Waals surface area contributed by atoms with Gasteiger partial charge < -0.3 is 20.9 Å². The molecule has 4 amide bonds. The first-order valence-electron chi connectivity index (χ1n) is 10.1. The standard InChI is InChI=1S/C22H26FN5O3/c23-17-6-8-19(9-7-17)25-20(29)16-27-12-14-28(15-13-27)21(30)10-11-24-22(31)26-18-4-2-1-3-5-18/h1-9H,10-16H2,(H,25,29)(H2,24,26,31). The van der Waals surface area contributed by atoms with E-state index in [-0.39, 0.29) is 43.2 Å². The summed E-state index contributed by atoms with van der Waals surface area (Å²) in [4.78, 5) is 40.1. The van der Waals surface area contributed by atoms with Crippen molar-refractivity contribution in [1.82, 2.24) is 15.1 Å². The van der Waals surface area contributed by atoms with Crippen LogP contribution in [-0.4, -0.2) is 66.9 Å². The number of carbonyl (C=O) groups excluding carboxylic acids is 3. The Morgan fingerprint density at radius 1 is 0.839 bits per heavy atom. The molecule has 1 saturated heterocycles. The number of amides is 4. The van der Waals surface area contributed by atoms with Gasteiger partial charge in [-0.3, -0.25) is 14.5 Å². The number of carbonyl (C=O) groups is 3. The summed E-state index contributed by atoms with van der Waals surface area (Å²) in [6, 6.07) is 14.3. The first kappa shape index (κ1) is 22.2. The van der Waals surface area contributed by atoms with Gasteiger partial charge in [-0.25, -0.2) is 9.18 Å². The highest BCUT2D eigenvalue weighted by Gasteiger charge is 2.22. The van der Waals surface area contributed by atoms with Gasteiger partial charge in [0.2, 0.25) is 11.8 Å². The summed E-state index contributed by atoms with van der Waals surface area (Å²) in [6.07, 6.45) is 0.216. The molecule has 0 bridgehead atoms. The molecule has 2 aromatic carbocycles. The minimum Gasteiger partial charge on any atom is -0.340 e. The number of urea groups is 1. The Bertz CT molecular complexity index is 884. The number of rotatable bonds is 7. The topological polar surface area (TPSA) is 93.8 Å². The molecule has 8 nitrogen and oxygen atoms in total. The third-order valence-electron chi connectivity index (χ3n) is 4.88. The highest BCUT2D eigenvalue weighted by molar-refractivity contribution is 5.92. The highest BCUT2D eigenvalue weighted by Crippen LogP contribution is 2.09. The first-order valence-corrected chi connectivity index (χ1v) is 10.1. The lowest BCUT2D eigenvalue weighted by Gasteiger charge is -2.34. The molecular formula is C22H26FN5O3. The fraction of sp³-hybridized carbons (Fsp3) is 0.318. The molecule has 0 saturated carbocycles. The largest absolute Gasteiger partial charge is 0.340 e. The minimum absolute atomic E-state index is 0.0320. The number of anilines is 2. The molecule has 3 rings (SSSR count). The normalized spacial score (nSPS) is 14.0. The van der Waals surface area contributed by atoms with E-state index in [1.54, 1.807) is 17.0 Å². The second kappa shape index (κ2) is 11.1. The quantitative estimate of drug-likeness (QED) is 0.631. The molecule has 1 heterocycles. The van der Waals surface area contributed by atoms with Crippen molar-refractivity contribution >= 4 is 29.2 Å². The number of nitrogens with one attached hydrogen (secondary N) is 3. The minimum atomic E-state index is -0.356. The van der Waals surface area contributed by atoms with Gasteiger partial charge in [-0.1, -0.05) is 18.2 Å². The molecule has 0 radical (unpaired) electrons. The number of nitrogens with zero attached hydrogens (tertiary/aromatic N) is 2. The van der Waals surface area contributed by atoms with Gasteiger partial charge in [0, 0.05) is 50.5 Å². The smallest absolute Gasteiger partial charge is 0.319 e. The molecule has 0 aromatic heterocycles. The lowest BCUT2D eigenvalue weighted by Crippen LogP contribution is -2.50. The van der Waals surface area contributed by atoms with Gasteiger partial charge in [0.15, 0.2) is 0 Å². The van der Waals surface area contributed by atoms with E-state index >= 15 is 0 Å². The summed E-state index contributed by atoms with van der Waals surface area (Å²) < 4.78 is 12.9. The number of benzene rings is 2. The van der Waals surface area contributed by atoms with Crippen LogP contribution in [0.1, 0.15) is 6.42 Å². The van der Waals surface area contributed by atoms with Crippen LogP contribution in [0.25, 0.3) is 0 Å². The van der Waals surface area contributed by atoms with E-state index in [4.69, 9.17) is 0 Å². The monoisotopic (exact) mass is 427 g/mol. The van der Waals surface area contributed by atoms with Crippen molar-refractivity contribution in [2.24, 2.45) is 0 Å². The number of hydrogen-bond donors (Lipinski definition) is 3. The Kier molecular flexibility index (Phi) is 7.94. The number of hydrogen-bond acceptors (Lipinski definition) is 4. The van der Waals surface area contributed by atoms with Crippen molar-refractivity contribution < 1.29 is 18.8 Å². The van der Waals surface area contributed by atoms with Crippen LogP contribution in [-0.2, 0) is 9.59 Å². The van der Waals surface area contributed by atoms with E-state index in [1.807, 2.05) is 23.1 Å². The van der Waals surface area contributed by atoms with Gasteiger partial charge in [-0.05, 0) is 36.4 Å². The van der Waals surface area contributed by atoms with Crippen LogP contribution < -0.4 is 16.0 Å². The summed E-state index contributed by atoms with van der Waals surface area (Å²) in [5.41, 5.74) is 1.23. The average Bonchev–Trinajstić information content (AvgIpc) is 2.76. The van der Waals surface area contributed by atoms with Crippen molar-refractivity contribution in [2.75, 3.05) is 49.9 Å². The van der Waals surface area contributed by atoms with Crippen LogP contribution in [0.15, 0.2) is 54.6 Å². The molecule has 1 aliphatic rings. The predicted octanol–water partition coefficient (Wildman–Crippen LogP) is 2.12. The lowest BCUT2D eigenvalue weighted by atomic mass is 10.2. The molecule has 1 aliphatic heterocycles. The molecule has 0 atom stereocenters. The highest BCUT2D eigenvalue weighted by atomic mass is 19.1. The van der Waals surface area contributed by atoms with E-state index in [1.165, 1.54) is 24.3 Å². The molecular weight excluding hydrogens is 401 g/mol. The maximum absolute atomic E-state index is 12.9. The van der Waals surface area contributed by atoms with Gasteiger partial charge >= 0.3 is 6.03 Å². The third kappa shape index (κ3) is 7.38. The molecule has 9 heteroatoms. The van der Waals surface area contributed by atoms with Crippen molar-refractivity contribution in [2.45, 2.75) is 6.42 Å². The van der Waals surface area contributed by atoms with Crippen molar-refractivity contribution in [3.05, 3.63) is 60.4 Å². The Labute approximate surface area is 180 Å². The second-order valence-electron chi connectivity index (χ2n) is 7.21. The fourth-order valence-corrected chi connectivity index (χ4v) is 3.23. The molecule has 31 heavy (non-hydrogen) atoms. The van der Waals surface area contributed by atoms with E-state index in [2.05, 4.69) is 16.0 Å². The zero-order valence-electron chi connectivity index (χ0n) is 17.1. The van der Waals surface area contributed by atoms with Crippen molar-refractivity contribution in [3.8, 4) is 0 Å². The maximum Gasteiger partial charge on any atom is 0.319 e. The lowest BCUT2D eigenvalue weighted by molar-refractivity contribution is -0.132. The van der Waals surface area contributed by atoms with Gasteiger partial charge in [0.1, 0.15) is 5.82 Å². The van der Waals surface area contributed by atoms with E-state index in [0.717, 1.165) is 0 Å². The molecule has 0 spiro atoms. The van der Waals surface area contributed by atoms with Gasteiger partial charge in [0.05, 0.1) is 6.54 Å². The van der Waals surface area contributed by atoms with Crippen LogP contribution in [0.2, 0.25) is 0 Å². The van der Waals surface area contributed by atoms with E-state index in [9.17, 15) is 18.8 Å². The van der Waals surface area contributed by atoms with Gasteiger partial charge in [-0.2, -0.15) is 0 Å². The molecule has 1 fully saturated rings. The maximum atomic E-state index is 12.9. The zero-order valence-corrected chi connectivity index (χ0v) is 17.1. The Morgan fingerprint density at radius 2 is 1.48 bits per heavy atom. The van der Waals surface area contributed by atoms with Crippen LogP contribution in [0.5, 0.6) is 0 Å². The Balaban J connectivity index is 1.31. The molecule has 164 valence electrons. The van der Waals surface area contributed by atoms with Gasteiger partial charge in [0.25, 0.3) is 0 Å². The summed E-state index contributed by atoms with van der Waals surface area (Å²) >= 11 is 0.